The Labute approximate surface area is 168 Å². The molecule has 0 radical (unpaired) electrons. The zero-order valence-electron chi connectivity index (χ0n) is 15.8. The fourth-order valence-corrected chi connectivity index (χ4v) is 4.17. The smallest absolute Gasteiger partial charge is 0.339 e. The van der Waals surface area contributed by atoms with Gasteiger partial charge in [0.05, 0.1) is 11.8 Å². The number of nitrogens with one attached hydrogen (secondary N) is 3. The van der Waals surface area contributed by atoms with E-state index in [2.05, 4.69) is 38.7 Å². The lowest BCUT2D eigenvalue weighted by molar-refractivity contribution is 0.252. The molecular weight excluding hydrogens is 368 g/mol. The van der Waals surface area contributed by atoms with Gasteiger partial charge in [-0.3, -0.25) is 0 Å². The maximum atomic E-state index is 12.4. The predicted octanol–water partition coefficient (Wildman–Crippen LogP) is 5.45. The van der Waals surface area contributed by atoms with E-state index in [1.807, 2.05) is 56.3 Å². The van der Waals surface area contributed by atoms with Crippen molar-refractivity contribution in [3.8, 4) is 0 Å². The van der Waals surface area contributed by atoms with Gasteiger partial charge >= 0.3 is 6.03 Å². The van der Waals surface area contributed by atoms with Crippen LogP contribution in [0.15, 0.2) is 65.1 Å². The number of benzene rings is 2. The number of thiophene rings is 1. The van der Waals surface area contributed by atoms with Gasteiger partial charge in [0, 0.05) is 28.2 Å². The summed E-state index contributed by atoms with van der Waals surface area (Å²) in [5, 5.41) is 13.0. The largest absolute Gasteiger partial charge is 0.376 e. The van der Waals surface area contributed by atoms with Crippen LogP contribution in [-0.2, 0) is 0 Å². The number of urea groups is 1. The predicted molar refractivity (Wildman–Crippen MR) is 116 cm³/mol. The molecule has 0 saturated heterocycles. The van der Waals surface area contributed by atoms with Crippen LogP contribution in [-0.4, -0.2) is 11.7 Å². The SMILES string of the molecule is Cc1ccc(NC(=O)NN=C2CC(c3cccs3)Nc3ccccc32)c(C)c1. The highest BCUT2D eigenvalue weighted by Crippen LogP contribution is 2.34. The van der Waals surface area contributed by atoms with Crippen molar-refractivity contribution in [3.63, 3.8) is 0 Å². The minimum atomic E-state index is -0.344. The van der Waals surface area contributed by atoms with Gasteiger partial charge in [0.2, 0.25) is 0 Å². The van der Waals surface area contributed by atoms with Gasteiger partial charge in [-0.1, -0.05) is 42.0 Å². The molecule has 3 aromatic rings. The van der Waals surface area contributed by atoms with Crippen LogP contribution >= 0.6 is 11.3 Å². The number of rotatable bonds is 3. The number of aryl methyl sites for hydroxylation is 2. The van der Waals surface area contributed by atoms with Crippen LogP contribution in [0.25, 0.3) is 0 Å². The molecule has 0 saturated carbocycles. The van der Waals surface area contributed by atoms with Crippen molar-refractivity contribution in [2.45, 2.75) is 26.3 Å². The van der Waals surface area contributed by atoms with E-state index < -0.39 is 0 Å². The van der Waals surface area contributed by atoms with E-state index in [-0.39, 0.29) is 12.1 Å². The number of nitrogens with zero attached hydrogens (tertiary/aromatic N) is 1. The molecule has 1 atom stereocenters. The Morgan fingerprint density at radius 3 is 2.79 bits per heavy atom. The van der Waals surface area contributed by atoms with Crippen molar-refractivity contribution in [2.75, 3.05) is 10.6 Å². The quantitative estimate of drug-likeness (QED) is 0.521. The van der Waals surface area contributed by atoms with Crippen LogP contribution in [0.3, 0.4) is 0 Å². The Bertz CT molecular complexity index is 1030. The third kappa shape index (κ3) is 3.92. The highest BCUT2D eigenvalue weighted by Gasteiger charge is 2.24. The summed E-state index contributed by atoms with van der Waals surface area (Å²) in [6.07, 6.45) is 0.710. The van der Waals surface area contributed by atoms with Gasteiger partial charge in [0.25, 0.3) is 0 Å². The van der Waals surface area contributed by atoms with E-state index in [9.17, 15) is 4.79 Å². The summed E-state index contributed by atoms with van der Waals surface area (Å²) in [6, 6.07) is 17.9. The van der Waals surface area contributed by atoms with Crippen molar-refractivity contribution in [1.82, 2.24) is 5.43 Å². The summed E-state index contributed by atoms with van der Waals surface area (Å²) >= 11 is 1.72. The van der Waals surface area contributed by atoms with Crippen molar-refractivity contribution in [3.05, 3.63) is 81.5 Å². The summed E-state index contributed by atoms with van der Waals surface area (Å²) in [4.78, 5) is 13.6. The van der Waals surface area contributed by atoms with Gasteiger partial charge in [0.1, 0.15) is 0 Å². The molecule has 1 aliphatic rings. The number of hydrogen-bond donors (Lipinski definition) is 3. The van der Waals surface area contributed by atoms with Gasteiger partial charge in [0.15, 0.2) is 0 Å². The number of amides is 2. The highest BCUT2D eigenvalue weighted by molar-refractivity contribution is 7.10. The number of anilines is 2. The van der Waals surface area contributed by atoms with Crippen LogP contribution in [0.5, 0.6) is 0 Å². The zero-order valence-corrected chi connectivity index (χ0v) is 16.6. The second-order valence-electron chi connectivity index (χ2n) is 6.90. The second-order valence-corrected chi connectivity index (χ2v) is 7.88. The van der Waals surface area contributed by atoms with Gasteiger partial charge in [-0.2, -0.15) is 5.10 Å². The average molecular weight is 391 g/mol. The lowest BCUT2D eigenvalue weighted by Gasteiger charge is -2.27. The van der Waals surface area contributed by atoms with Crippen molar-refractivity contribution >= 4 is 34.5 Å². The first-order valence-electron chi connectivity index (χ1n) is 9.20. The van der Waals surface area contributed by atoms with Crippen LogP contribution in [0.4, 0.5) is 16.2 Å². The lowest BCUT2D eigenvalue weighted by atomic mass is 9.95. The summed E-state index contributed by atoms with van der Waals surface area (Å²) in [5.74, 6) is 0. The lowest BCUT2D eigenvalue weighted by Crippen LogP contribution is -2.29. The Kier molecular flexibility index (Phi) is 5.12. The molecule has 0 aliphatic carbocycles. The first-order chi connectivity index (χ1) is 13.6. The molecule has 5 nitrogen and oxygen atoms in total. The number of hydrazone groups is 1. The third-order valence-corrected chi connectivity index (χ3v) is 5.76. The van der Waals surface area contributed by atoms with Gasteiger partial charge in [-0.25, -0.2) is 10.2 Å². The van der Waals surface area contributed by atoms with E-state index in [0.29, 0.717) is 6.42 Å². The Morgan fingerprint density at radius 1 is 1.14 bits per heavy atom. The average Bonchev–Trinajstić information content (AvgIpc) is 3.23. The maximum Gasteiger partial charge on any atom is 0.339 e. The third-order valence-electron chi connectivity index (χ3n) is 4.77. The summed E-state index contributed by atoms with van der Waals surface area (Å²) in [7, 11) is 0. The second kappa shape index (κ2) is 7.86. The van der Waals surface area contributed by atoms with E-state index in [1.165, 1.54) is 4.88 Å². The first kappa shape index (κ1) is 18.3. The molecule has 2 amide bonds. The van der Waals surface area contributed by atoms with Crippen molar-refractivity contribution < 1.29 is 4.79 Å². The highest BCUT2D eigenvalue weighted by atomic mass is 32.1. The molecule has 3 N–H and O–H groups in total. The molecular formula is C22H22N4OS. The molecule has 1 aliphatic heterocycles. The van der Waals surface area contributed by atoms with E-state index in [0.717, 1.165) is 33.8 Å². The standard InChI is InChI=1S/C22H22N4OS/c1-14-9-10-17(15(2)12-14)24-22(27)26-25-19-13-20(21-8-5-11-28-21)23-18-7-4-3-6-16(18)19/h3-12,20,23H,13H2,1-2H3,(H2,24,26,27). The minimum Gasteiger partial charge on any atom is -0.376 e. The first-order valence-corrected chi connectivity index (χ1v) is 10.1. The fraction of sp³-hybridized carbons (Fsp3) is 0.182. The molecule has 0 bridgehead atoms. The van der Waals surface area contributed by atoms with Gasteiger partial charge in [-0.05, 0) is 43.0 Å². The topological polar surface area (TPSA) is 65.5 Å². The normalized spacial score (nSPS) is 16.9. The van der Waals surface area contributed by atoms with Gasteiger partial charge in [-0.15, -0.1) is 11.3 Å². The van der Waals surface area contributed by atoms with Crippen LogP contribution < -0.4 is 16.1 Å². The van der Waals surface area contributed by atoms with E-state index >= 15 is 0 Å². The summed E-state index contributed by atoms with van der Waals surface area (Å²) in [6.45, 7) is 4.00. The number of fused-ring (bicyclic) bond motifs is 1. The zero-order chi connectivity index (χ0) is 19.5. The number of carbonyl (C=O) groups excluding carboxylic acids is 1. The Hall–Kier alpha value is -3.12. The molecule has 2 aromatic carbocycles. The monoisotopic (exact) mass is 390 g/mol. The molecule has 28 heavy (non-hydrogen) atoms. The fourth-order valence-electron chi connectivity index (χ4n) is 3.39. The minimum absolute atomic E-state index is 0.151. The molecule has 0 spiro atoms. The molecule has 2 heterocycles. The Morgan fingerprint density at radius 2 is 2.00 bits per heavy atom. The summed E-state index contributed by atoms with van der Waals surface area (Å²) in [5.41, 5.74) is 8.54. The molecule has 0 fully saturated rings. The Balaban J connectivity index is 1.53. The van der Waals surface area contributed by atoms with E-state index in [4.69, 9.17) is 0 Å². The molecule has 1 aromatic heterocycles. The molecule has 4 rings (SSSR count). The molecule has 142 valence electrons. The van der Waals surface area contributed by atoms with Crippen molar-refractivity contribution in [2.24, 2.45) is 5.10 Å². The summed E-state index contributed by atoms with van der Waals surface area (Å²) < 4.78 is 0. The van der Waals surface area contributed by atoms with Crippen LogP contribution in [0, 0.1) is 13.8 Å². The number of carbonyl (C=O) groups is 1. The number of para-hydroxylation sites is 1. The molecule has 1 unspecified atom stereocenters. The van der Waals surface area contributed by atoms with E-state index in [1.54, 1.807) is 11.3 Å². The van der Waals surface area contributed by atoms with Crippen molar-refractivity contribution in [1.29, 1.82) is 0 Å². The molecule has 6 heteroatoms. The van der Waals surface area contributed by atoms with Crippen LogP contribution in [0.1, 0.15) is 34.0 Å². The van der Waals surface area contributed by atoms with Crippen LogP contribution in [0.2, 0.25) is 0 Å². The maximum absolute atomic E-state index is 12.4. The van der Waals surface area contributed by atoms with Gasteiger partial charge < -0.3 is 10.6 Å². The number of hydrogen-bond acceptors (Lipinski definition) is 4.